The fourth-order valence-corrected chi connectivity index (χ4v) is 3.44. The molecule has 0 spiro atoms. The Morgan fingerprint density at radius 1 is 1.21 bits per heavy atom. The average Bonchev–Trinajstić information content (AvgIpc) is 3.03. The Kier molecular flexibility index (Phi) is 4.99. The summed E-state index contributed by atoms with van der Waals surface area (Å²) < 4.78 is 14.7. The molecular formula is C23H21FN4O. The number of anilines is 1. The lowest BCUT2D eigenvalue weighted by Crippen LogP contribution is -2.17. The van der Waals surface area contributed by atoms with Gasteiger partial charge in [-0.25, -0.2) is 4.39 Å². The third-order valence-electron chi connectivity index (χ3n) is 4.88. The minimum Gasteiger partial charge on any atom is -0.494 e. The summed E-state index contributed by atoms with van der Waals surface area (Å²) in [5, 5.41) is 11.1. The summed E-state index contributed by atoms with van der Waals surface area (Å²) in [6, 6.07) is 14.5. The first-order valence-electron chi connectivity index (χ1n) is 9.27. The summed E-state index contributed by atoms with van der Waals surface area (Å²) in [6.45, 7) is 2.52. The molecule has 0 bridgehead atoms. The summed E-state index contributed by atoms with van der Waals surface area (Å²) >= 11 is 0. The van der Waals surface area contributed by atoms with E-state index in [4.69, 9.17) is 0 Å². The van der Waals surface area contributed by atoms with Gasteiger partial charge in [0.25, 0.3) is 0 Å². The van der Waals surface area contributed by atoms with E-state index in [1.807, 2.05) is 49.2 Å². The van der Waals surface area contributed by atoms with Crippen molar-refractivity contribution in [2.24, 2.45) is 4.99 Å². The highest BCUT2D eigenvalue weighted by Crippen LogP contribution is 2.30. The smallest absolute Gasteiger partial charge is 0.198 e. The largest absolute Gasteiger partial charge is 0.494 e. The number of aryl methyl sites for hydroxylation is 1. The number of halogens is 1. The van der Waals surface area contributed by atoms with Crippen LogP contribution in [0, 0.1) is 12.7 Å². The summed E-state index contributed by atoms with van der Waals surface area (Å²) in [7, 11) is 1.83. The van der Waals surface area contributed by atoms with Crippen LogP contribution in [0.4, 0.5) is 15.8 Å². The van der Waals surface area contributed by atoms with Gasteiger partial charge >= 0.3 is 0 Å². The second kappa shape index (κ2) is 7.75. The SMILES string of the molecule is Cc1cccc2[nH]c(O)c(C=Nc3ccc(N(C)Cc4cccnc4)c(F)c3)c12. The number of aromatic nitrogens is 2. The highest BCUT2D eigenvalue weighted by Gasteiger charge is 2.12. The van der Waals surface area contributed by atoms with Crippen LogP contribution in [-0.2, 0) is 6.54 Å². The van der Waals surface area contributed by atoms with Crippen molar-refractivity contribution in [1.29, 1.82) is 0 Å². The number of aliphatic imine (C=N–C) groups is 1. The molecule has 4 aromatic rings. The highest BCUT2D eigenvalue weighted by atomic mass is 19.1. The molecule has 0 aliphatic carbocycles. The second-order valence-corrected chi connectivity index (χ2v) is 7.00. The van der Waals surface area contributed by atoms with Crippen molar-refractivity contribution >= 4 is 28.5 Å². The predicted molar refractivity (Wildman–Crippen MR) is 115 cm³/mol. The zero-order chi connectivity index (χ0) is 20.4. The van der Waals surface area contributed by atoms with E-state index in [2.05, 4.69) is 15.0 Å². The zero-order valence-corrected chi connectivity index (χ0v) is 16.2. The van der Waals surface area contributed by atoms with Crippen molar-refractivity contribution in [3.05, 3.63) is 83.4 Å². The predicted octanol–water partition coefficient (Wildman–Crippen LogP) is 5.10. The third kappa shape index (κ3) is 3.82. The summed E-state index contributed by atoms with van der Waals surface area (Å²) in [4.78, 5) is 13.2. The Morgan fingerprint density at radius 2 is 2.07 bits per heavy atom. The monoisotopic (exact) mass is 388 g/mol. The molecule has 0 aliphatic rings. The van der Waals surface area contributed by atoms with Crippen LogP contribution >= 0.6 is 0 Å². The fourth-order valence-electron chi connectivity index (χ4n) is 3.44. The first-order valence-corrected chi connectivity index (χ1v) is 9.27. The maximum Gasteiger partial charge on any atom is 0.198 e. The van der Waals surface area contributed by atoms with Gasteiger partial charge in [-0.05, 0) is 42.3 Å². The number of pyridine rings is 1. The van der Waals surface area contributed by atoms with E-state index in [0.29, 0.717) is 23.5 Å². The van der Waals surface area contributed by atoms with Gasteiger partial charge in [-0.1, -0.05) is 18.2 Å². The molecule has 0 saturated carbocycles. The molecule has 5 nitrogen and oxygen atoms in total. The van der Waals surface area contributed by atoms with Gasteiger partial charge in [0, 0.05) is 49.2 Å². The van der Waals surface area contributed by atoms with Gasteiger partial charge in [-0.15, -0.1) is 0 Å². The number of hydrogen-bond donors (Lipinski definition) is 2. The normalized spacial score (nSPS) is 11.4. The Morgan fingerprint density at radius 3 is 2.83 bits per heavy atom. The van der Waals surface area contributed by atoms with Gasteiger partial charge in [0.15, 0.2) is 5.88 Å². The van der Waals surface area contributed by atoms with Crippen molar-refractivity contribution in [2.75, 3.05) is 11.9 Å². The summed E-state index contributed by atoms with van der Waals surface area (Å²) in [5.74, 6) is -0.309. The molecule has 146 valence electrons. The number of H-pyrrole nitrogens is 1. The molecule has 0 amide bonds. The third-order valence-corrected chi connectivity index (χ3v) is 4.88. The molecule has 29 heavy (non-hydrogen) atoms. The molecule has 0 fully saturated rings. The van der Waals surface area contributed by atoms with E-state index in [1.165, 1.54) is 6.07 Å². The van der Waals surface area contributed by atoms with Crippen LogP contribution in [-0.4, -0.2) is 28.3 Å². The maximum atomic E-state index is 14.7. The van der Waals surface area contributed by atoms with Crippen molar-refractivity contribution in [3.63, 3.8) is 0 Å². The standard InChI is InChI=1S/C23H21FN4O/c1-15-5-3-7-20-22(15)18(23(29)27-20)13-26-17-8-9-21(19(24)11-17)28(2)14-16-6-4-10-25-12-16/h3-13,27,29H,14H2,1-2H3. The van der Waals surface area contributed by atoms with E-state index in [1.54, 1.807) is 30.7 Å². The minimum atomic E-state index is -0.356. The zero-order valence-electron chi connectivity index (χ0n) is 16.2. The lowest BCUT2D eigenvalue weighted by molar-refractivity contribution is 0.457. The Labute approximate surface area is 168 Å². The fraction of sp³-hybridized carbons (Fsp3) is 0.130. The molecule has 0 unspecified atom stereocenters. The van der Waals surface area contributed by atoms with Crippen molar-refractivity contribution in [3.8, 4) is 5.88 Å². The molecule has 4 rings (SSSR count). The van der Waals surface area contributed by atoms with Crippen LogP contribution in [0.2, 0.25) is 0 Å². The van der Waals surface area contributed by atoms with E-state index in [0.717, 1.165) is 22.0 Å². The lowest BCUT2D eigenvalue weighted by atomic mass is 10.1. The maximum absolute atomic E-state index is 14.7. The van der Waals surface area contributed by atoms with Crippen molar-refractivity contribution < 1.29 is 9.50 Å². The molecule has 0 radical (unpaired) electrons. The molecule has 0 atom stereocenters. The molecule has 2 N–H and O–H groups in total. The van der Waals surface area contributed by atoms with E-state index >= 15 is 0 Å². The first-order chi connectivity index (χ1) is 14.0. The van der Waals surface area contributed by atoms with Gasteiger partial charge in [-0.2, -0.15) is 0 Å². The summed E-state index contributed by atoms with van der Waals surface area (Å²) in [5.41, 5.74) is 4.42. The molecule has 2 aromatic heterocycles. The minimum absolute atomic E-state index is 0.0475. The number of benzene rings is 2. The number of hydrogen-bond acceptors (Lipinski definition) is 4. The van der Waals surface area contributed by atoms with Crippen LogP contribution in [0.3, 0.4) is 0 Å². The second-order valence-electron chi connectivity index (χ2n) is 7.00. The van der Waals surface area contributed by atoms with Crippen LogP contribution in [0.1, 0.15) is 16.7 Å². The van der Waals surface area contributed by atoms with Gasteiger partial charge in [0.2, 0.25) is 0 Å². The number of aromatic amines is 1. The molecule has 0 saturated heterocycles. The lowest BCUT2D eigenvalue weighted by Gasteiger charge is -2.20. The molecule has 6 heteroatoms. The molecule has 2 aromatic carbocycles. The number of aromatic hydroxyl groups is 1. The topological polar surface area (TPSA) is 64.5 Å². The van der Waals surface area contributed by atoms with Gasteiger partial charge in [0.05, 0.1) is 16.9 Å². The van der Waals surface area contributed by atoms with Crippen molar-refractivity contribution in [1.82, 2.24) is 9.97 Å². The molecular weight excluding hydrogens is 367 g/mol. The van der Waals surface area contributed by atoms with Crippen LogP contribution in [0.15, 0.2) is 65.9 Å². The molecule has 2 heterocycles. The average molecular weight is 388 g/mol. The number of fused-ring (bicyclic) bond motifs is 1. The Balaban J connectivity index is 1.58. The first kappa shape index (κ1) is 18.7. The van der Waals surface area contributed by atoms with E-state index in [-0.39, 0.29) is 11.7 Å². The Bertz CT molecular complexity index is 1180. The quantitative estimate of drug-likeness (QED) is 0.467. The summed E-state index contributed by atoms with van der Waals surface area (Å²) in [6.07, 6.45) is 5.04. The number of nitrogens with zero attached hydrogens (tertiary/aromatic N) is 3. The number of nitrogens with one attached hydrogen (secondary N) is 1. The van der Waals surface area contributed by atoms with E-state index < -0.39 is 0 Å². The van der Waals surface area contributed by atoms with Gasteiger partial charge in [0.1, 0.15) is 5.82 Å². The highest BCUT2D eigenvalue weighted by molar-refractivity contribution is 6.04. The van der Waals surface area contributed by atoms with Gasteiger partial charge in [-0.3, -0.25) is 9.98 Å². The number of rotatable bonds is 5. The van der Waals surface area contributed by atoms with Crippen LogP contribution < -0.4 is 4.90 Å². The van der Waals surface area contributed by atoms with Crippen LogP contribution in [0.5, 0.6) is 5.88 Å². The Hall–Kier alpha value is -3.67. The van der Waals surface area contributed by atoms with E-state index in [9.17, 15) is 9.50 Å². The molecule has 0 aliphatic heterocycles. The van der Waals surface area contributed by atoms with Gasteiger partial charge < -0.3 is 15.0 Å². The van der Waals surface area contributed by atoms with Crippen molar-refractivity contribution in [2.45, 2.75) is 13.5 Å². The van der Waals surface area contributed by atoms with Crippen LogP contribution in [0.25, 0.3) is 10.9 Å².